The predicted molar refractivity (Wildman–Crippen MR) is 95.5 cm³/mol. The van der Waals surface area contributed by atoms with Crippen LogP contribution in [0, 0.1) is 5.92 Å². The lowest BCUT2D eigenvalue weighted by Gasteiger charge is -2.17. The first-order chi connectivity index (χ1) is 11.5. The SMILES string of the molecule is CC(C)C[C@@H](CF)NC1=N/C(=C\c2ccc3ncsc3c2)C(=O)N1. The lowest BCUT2D eigenvalue weighted by Crippen LogP contribution is -2.44. The smallest absolute Gasteiger partial charge is 0.276 e. The van der Waals surface area contributed by atoms with Crippen molar-refractivity contribution in [2.24, 2.45) is 10.9 Å². The minimum Gasteiger partial charge on any atom is -0.350 e. The van der Waals surface area contributed by atoms with Crippen molar-refractivity contribution in [2.75, 3.05) is 6.67 Å². The molecule has 1 atom stereocenters. The number of carbonyl (C=O) groups excluding carboxylic acids is 1. The fourth-order valence-electron chi connectivity index (χ4n) is 2.58. The third kappa shape index (κ3) is 3.79. The fraction of sp³-hybridized carbons (Fsp3) is 0.353. The molecule has 0 saturated carbocycles. The van der Waals surface area contributed by atoms with Crippen LogP contribution in [0.5, 0.6) is 0 Å². The molecule has 0 fully saturated rings. The number of alkyl halides is 1. The van der Waals surface area contributed by atoms with Crippen molar-refractivity contribution in [3.8, 4) is 0 Å². The van der Waals surface area contributed by atoms with Crippen LogP contribution >= 0.6 is 11.3 Å². The van der Waals surface area contributed by atoms with Gasteiger partial charge >= 0.3 is 0 Å². The van der Waals surface area contributed by atoms with Crippen LogP contribution in [0.25, 0.3) is 16.3 Å². The van der Waals surface area contributed by atoms with E-state index in [0.29, 0.717) is 24.0 Å². The minimum atomic E-state index is -0.506. The highest BCUT2D eigenvalue weighted by molar-refractivity contribution is 7.16. The van der Waals surface area contributed by atoms with Gasteiger partial charge in [0, 0.05) is 0 Å². The van der Waals surface area contributed by atoms with Gasteiger partial charge in [-0.05, 0) is 36.1 Å². The zero-order valence-electron chi connectivity index (χ0n) is 13.5. The number of carbonyl (C=O) groups is 1. The van der Waals surface area contributed by atoms with Gasteiger partial charge in [0.2, 0.25) is 5.96 Å². The van der Waals surface area contributed by atoms with E-state index in [4.69, 9.17) is 0 Å². The second-order valence-electron chi connectivity index (χ2n) is 6.15. The number of benzene rings is 1. The number of hydrogen-bond acceptors (Lipinski definition) is 5. The molecule has 1 amide bonds. The van der Waals surface area contributed by atoms with Crippen LogP contribution in [0.2, 0.25) is 0 Å². The van der Waals surface area contributed by atoms with Crippen LogP contribution in [-0.2, 0) is 4.79 Å². The van der Waals surface area contributed by atoms with Crippen molar-refractivity contribution >= 4 is 39.5 Å². The Balaban J connectivity index is 1.77. The van der Waals surface area contributed by atoms with Crippen LogP contribution in [0.1, 0.15) is 25.8 Å². The third-order valence-corrected chi connectivity index (χ3v) is 4.43. The summed E-state index contributed by atoms with van der Waals surface area (Å²) in [6, 6.07) is 5.43. The van der Waals surface area contributed by atoms with E-state index in [1.54, 1.807) is 22.9 Å². The van der Waals surface area contributed by atoms with E-state index in [1.807, 2.05) is 32.0 Å². The quantitative estimate of drug-likeness (QED) is 0.818. The summed E-state index contributed by atoms with van der Waals surface area (Å²) in [4.78, 5) is 20.5. The summed E-state index contributed by atoms with van der Waals surface area (Å²) in [5.41, 5.74) is 3.91. The fourth-order valence-corrected chi connectivity index (χ4v) is 3.30. The molecule has 3 rings (SSSR count). The molecule has 24 heavy (non-hydrogen) atoms. The van der Waals surface area contributed by atoms with Gasteiger partial charge < -0.3 is 5.32 Å². The summed E-state index contributed by atoms with van der Waals surface area (Å²) in [5.74, 6) is 0.384. The maximum atomic E-state index is 13.1. The Labute approximate surface area is 143 Å². The topological polar surface area (TPSA) is 66.4 Å². The van der Waals surface area contributed by atoms with E-state index in [9.17, 15) is 9.18 Å². The van der Waals surface area contributed by atoms with E-state index in [2.05, 4.69) is 20.6 Å². The molecule has 5 nitrogen and oxygen atoms in total. The van der Waals surface area contributed by atoms with E-state index >= 15 is 0 Å². The molecular formula is C17H19FN4OS. The minimum absolute atomic E-state index is 0.288. The van der Waals surface area contributed by atoms with Gasteiger partial charge in [-0.25, -0.2) is 14.4 Å². The van der Waals surface area contributed by atoms with E-state index < -0.39 is 6.67 Å². The lowest BCUT2D eigenvalue weighted by molar-refractivity contribution is -0.115. The molecule has 0 unspecified atom stereocenters. The Morgan fingerprint density at radius 1 is 1.42 bits per heavy atom. The van der Waals surface area contributed by atoms with Gasteiger partial charge in [0.25, 0.3) is 5.91 Å². The Morgan fingerprint density at radius 2 is 2.25 bits per heavy atom. The number of guanidine groups is 1. The van der Waals surface area contributed by atoms with Crippen molar-refractivity contribution in [3.05, 3.63) is 35.0 Å². The van der Waals surface area contributed by atoms with E-state index in [-0.39, 0.29) is 11.9 Å². The molecule has 0 bridgehead atoms. The maximum absolute atomic E-state index is 13.1. The largest absolute Gasteiger partial charge is 0.350 e. The predicted octanol–water partition coefficient (Wildman–Crippen LogP) is 3.10. The number of halogens is 1. The molecular weight excluding hydrogens is 327 g/mol. The zero-order chi connectivity index (χ0) is 17.1. The van der Waals surface area contributed by atoms with Crippen molar-refractivity contribution in [1.82, 2.24) is 15.6 Å². The van der Waals surface area contributed by atoms with Gasteiger partial charge in [-0.2, -0.15) is 0 Å². The van der Waals surface area contributed by atoms with E-state index in [1.165, 1.54) is 0 Å². The third-order valence-electron chi connectivity index (χ3n) is 3.64. The number of rotatable bonds is 5. The number of nitrogens with zero attached hydrogens (tertiary/aromatic N) is 2. The number of aliphatic imine (C=N–C) groups is 1. The highest BCUT2D eigenvalue weighted by Gasteiger charge is 2.22. The number of hydrogen-bond donors (Lipinski definition) is 2. The van der Waals surface area contributed by atoms with E-state index in [0.717, 1.165) is 15.8 Å². The number of fused-ring (bicyclic) bond motifs is 1. The molecule has 2 N–H and O–H groups in total. The Morgan fingerprint density at radius 3 is 3.00 bits per heavy atom. The molecule has 7 heteroatoms. The van der Waals surface area contributed by atoms with Crippen molar-refractivity contribution in [1.29, 1.82) is 0 Å². The van der Waals surface area contributed by atoms with Crippen LogP contribution in [0.15, 0.2) is 34.4 Å². The van der Waals surface area contributed by atoms with Crippen molar-refractivity contribution in [2.45, 2.75) is 26.3 Å². The van der Waals surface area contributed by atoms with Gasteiger partial charge in [0.05, 0.1) is 21.8 Å². The summed E-state index contributed by atoms with van der Waals surface area (Å²) in [6.45, 7) is 3.55. The molecule has 0 saturated heterocycles. The summed E-state index contributed by atoms with van der Waals surface area (Å²) < 4.78 is 14.1. The molecule has 1 aliphatic heterocycles. The van der Waals surface area contributed by atoms with Gasteiger partial charge in [0.15, 0.2) is 0 Å². The first-order valence-corrected chi connectivity index (χ1v) is 8.70. The maximum Gasteiger partial charge on any atom is 0.276 e. The molecule has 0 spiro atoms. The monoisotopic (exact) mass is 346 g/mol. The second kappa shape index (κ2) is 7.09. The summed E-state index contributed by atoms with van der Waals surface area (Å²) >= 11 is 1.55. The first kappa shape index (κ1) is 16.6. The average molecular weight is 346 g/mol. The van der Waals surface area contributed by atoms with Gasteiger partial charge in [-0.1, -0.05) is 19.9 Å². The molecule has 126 valence electrons. The number of amides is 1. The van der Waals surface area contributed by atoms with Gasteiger partial charge in [-0.3, -0.25) is 10.1 Å². The highest BCUT2D eigenvalue weighted by atomic mass is 32.1. The van der Waals surface area contributed by atoms with Crippen LogP contribution < -0.4 is 10.6 Å². The van der Waals surface area contributed by atoms with Crippen molar-refractivity contribution in [3.63, 3.8) is 0 Å². The highest BCUT2D eigenvalue weighted by Crippen LogP contribution is 2.21. The Hall–Kier alpha value is -2.28. The standard InChI is InChI=1S/C17H19FN4OS/c1-10(2)5-12(8-18)20-17-21-14(16(23)22-17)6-11-3-4-13-15(7-11)24-9-19-13/h3-4,6-7,9-10,12H,5,8H2,1-2H3,(H2,20,21,22,23)/b14-6-/t12-/m0/s1. The summed E-state index contributed by atoms with van der Waals surface area (Å²) in [6.07, 6.45) is 2.39. The molecule has 0 aliphatic carbocycles. The Kier molecular flexibility index (Phi) is 4.89. The molecule has 2 heterocycles. The lowest BCUT2D eigenvalue weighted by atomic mass is 10.1. The van der Waals surface area contributed by atoms with Gasteiger partial charge in [-0.15, -0.1) is 11.3 Å². The molecule has 1 aromatic carbocycles. The van der Waals surface area contributed by atoms with Crippen molar-refractivity contribution < 1.29 is 9.18 Å². The zero-order valence-corrected chi connectivity index (χ0v) is 14.4. The number of aromatic nitrogens is 1. The molecule has 2 aromatic rings. The normalized spacial score (nSPS) is 17.4. The van der Waals surface area contributed by atoms with Crippen LogP contribution in [0.3, 0.4) is 0 Å². The van der Waals surface area contributed by atoms with Crippen LogP contribution in [0.4, 0.5) is 4.39 Å². The first-order valence-electron chi connectivity index (χ1n) is 7.82. The molecule has 1 aliphatic rings. The van der Waals surface area contributed by atoms with Gasteiger partial charge in [0.1, 0.15) is 12.4 Å². The number of nitrogens with one attached hydrogen (secondary N) is 2. The Bertz CT molecular complexity index is 812. The molecule has 0 radical (unpaired) electrons. The average Bonchev–Trinajstić information content (AvgIpc) is 3.12. The van der Waals surface area contributed by atoms with Crippen LogP contribution in [-0.4, -0.2) is 29.6 Å². The molecule has 1 aromatic heterocycles. The summed E-state index contributed by atoms with van der Waals surface area (Å²) in [7, 11) is 0. The number of thiazole rings is 1. The summed E-state index contributed by atoms with van der Waals surface area (Å²) in [5, 5.41) is 5.61. The second-order valence-corrected chi connectivity index (χ2v) is 7.04.